The van der Waals surface area contributed by atoms with Crippen molar-refractivity contribution in [1.82, 2.24) is 0 Å². The molecule has 1 saturated heterocycles. The van der Waals surface area contributed by atoms with Crippen LogP contribution in [-0.4, -0.2) is 92.7 Å². The van der Waals surface area contributed by atoms with Crippen LogP contribution in [0.1, 0.15) is 69.2 Å². The topological polar surface area (TPSA) is 203 Å². The van der Waals surface area contributed by atoms with Gasteiger partial charge in [-0.2, -0.15) is 0 Å². The van der Waals surface area contributed by atoms with Crippen LogP contribution in [0.15, 0.2) is 0 Å². The van der Waals surface area contributed by atoms with Gasteiger partial charge in [-0.05, 0) is 41.5 Å². The first-order valence-corrected chi connectivity index (χ1v) is 15.3. The second-order valence-corrected chi connectivity index (χ2v) is 14.0. The standard InChI is InChI=1S/C27H43O16P/c1-15(28)35-11-19-21(40-16(2)29)23(42-18(4)31)22(41-17(3)30)20(43-19)12-44(34,38-13-36-24(32)26(5,6)7)39-14-37-25(33)27(8,9)10/h19-23H,11-14H2,1-10H3/t19-,20?,21-,22-,23+/m1/s1. The first-order chi connectivity index (χ1) is 20.1. The Balaban J connectivity index is 3.51. The predicted molar refractivity (Wildman–Crippen MR) is 147 cm³/mol. The Kier molecular flexibility index (Phi) is 14.4. The van der Waals surface area contributed by atoms with Crippen LogP contribution in [0.2, 0.25) is 0 Å². The molecule has 0 radical (unpaired) electrons. The van der Waals surface area contributed by atoms with Gasteiger partial charge in [0.2, 0.25) is 13.6 Å². The lowest BCUT2D eigenvalue weighted by Gasteiger charge is -2.44. The molecular formula is C27H43O16P. The van der Waals surface area contributed by atoms with E-state index in [0.717, 1.165) is 27.7 Å². The fourth-order valence-electron chi connectivity index (χ4n) is 3.58. The van der Waals surface area contributed by atoms with E-state index in [4.69, 9.17) is 42.2 Å². The Morgan fingerprint density at radius 1 is 0.591 bits per heavy atom. The molecule has 0 aromatic carbocycles. The van der Waals surface area contributed by atoms with Crippen LogP contribution >= 0.6 is 7.60 Å². The smallest absolute Gasteiger partial charge is 0.339 e. The quantitative estimate of drug-likeness (QED) is 0.121. The van der Waals surface area contributed by atoms with Crippen molar-refractivity contribution in [2.24, 2.45) is 10.8 Å². The molecule has 1 unspecified atom stereocenters. The van der Waals surface area contributed by atoms with Crippen LogP contribution in [0.5, 0.6) is 0 Å². The van der Waals surface area contributed by atoms with Gasteiger partial charge in [0.25, 0.3) is 0 Å². The molecule has 252 valence electrons. The van der Waals surface area contributed by atoms with Gasteiger partial charge in [-0.3, -0.25) is 42.4 Å². The molecule has 16 nitrogen and oxygen atoms in total. The summed E-state index contributed by atoms with van der Waals surface area (Å²) in [5.41, 5.74) is -1.87. The van der Waals surface area contributed by atoms with Crippen molar-refractivity contribution >= 4 is 43.4 Å². The summed E-state index contributed by atoms with van der Waals surface area (Å²) in [5, 5.41) is 0. The minimum atomic E-state index is -4.48. The molecule has 1 heterocycles. The Morgan fingerprint density at radius 3 is 1.34 bits per heavy atom. The molecule has 44 heavy (non-hydrogen) atoms. The summed E-state index contributed by atoms with van der Waals surface area (Å²) in [7, 11) is -4.48. The summed E-state index contributed by atoms with van der Waals surface area (Å²) < 4.78 is 61.9. The lowest BCUT2D eigenvalue weighted by molar-refractivity contribution is -0.249. The van der Waals surface area contributed by atoms with E-state index < -0.39 is 111 Å². The molecule has 17 heteroatoms. The second-order valence-electron chi connectivity index (χ2n) is 11.9. The van der Waals surface area contributed by atoms with Crippen molar-refractivity contribution in [3.8, 4) is 0 Å². The van der Waals surface area contributed by atoms with E-state index in [1.165, 1.54) is 0 Å². The van der Waals surface area contributed by atoms with Crippen LogP contribution in [0.4, 0.5) is 0 Å². The fourth-order valence-corrected chi connectivity index (χ4v) is 5.03. The van der Waals surface area contributed by atoms with Crippen LogP contribution in [0.3, 0.4) is 0 Å². The number of hydrogen-bond donors (Lipinski definition) is 0. The summed E-state index contributed by atoms with van der Waals surface area (Å²) in [6.07, 6.45) is -8.12. The molecule has 0 aromatic heterocycles. The van der Waals surface area contributed by atoms with Gasteiger partial charge < -0.3 is 33.2 Å². The molecule has 0 saturated carbocycles. The molecule has 0 bridgehead atoms. The number of carbonyl (C=O) groups is 6. The van der Waals surface area contributed by atoms with E-state index in [1.54, 1.807) is 41.5 Å². The van der Waals surface area contributed by atoms with Crippen LogP contribution in [0.25, 0.3) is 0 Å². The lowest BCUT2D eigenvalue weighted by Crippen LogP contribution is -2.63. The fraction of sp³-hybridized carbons (Fsp3) is 0.778. The predicted octanol–water partition coefficient (Wildman–Crippen LogP) is 2.43. The summed E-state index contributed by atoms with van der Waals surface area (Å²) in [4.78, 5) is 72.2. The Morgan fingerprint density at radius 2 is 0.977 bits per heavy atom. The summed E-state index contributed by atoms with van der Waals surface area (Å²) in [5.74, 6) is -4.70. The maximum absolute atomic E-state index is 14.0. The van der Waals surface area contributed by atoms with Crippen LogP contribution in [0, 0.1) is 10.8 Å². The highest BCUT2D eigenvalue weighted by molar-refractivity contribution is 7.53. The molecule has 0 aromatic rings. The van der Waals surface area contributed by atoms with Crippen molar-refractivity contribution in [1.29, 1.82) is 0 Å². The van der Waals surface area contributed by atoms with Crippen LogP contribution < -0.4 is 0 Å². The monoisotopic (exact) mass is 654 g/mol. The molecule has 5 atom stereocenters. The average Bonchev–Trinajstić information content (AvgIpc) is 2.84. The number of ether oxygens (including phenoxy) is 7. The summed E-state index contributed by atoms with van der Waals surface area (Å²) >= 11 is 0. The van der Waals surface area contributed by atoms with Crippen LogP contribution in [-0.2, 0) is 75.5 Å². The van der Waals surface area contributed by atoms with E-state index in [2.05, 4.69) is 0 Å². The van der Waals surface area contributed by atoms with Crippen molar-refractivity contribution < 1.29 is 75.5 Å². The molecule has 0 amide bonds. The zero-order valence-electron chi connectivity index (χ0n) is 26.7. The first kappa shape index (κ1) is 39.0. The number of carbonyl (C=O) groups excluding carboxylic acids is 6. The number of hydrogen-bond acceptors (Lipinski definition) is 16. The largest absolute Gasteiger partial charge is 0.463 e. The second kappa shape index (κ2) is 16.3. The minimum absolute atomic E-state index is 0.521. The molecule has 0 aliphatic carbocycles. The maximum atomic E-state index is 14.0. The van der Waals surface area contributed by atoms with Gasteiger partial charge >= 0.3 is 43.4 Å². The van der Waals surface area contributed by atoms with Crippen molar-refractivity contribution in [2.45, 2.75) is 99.8 Å². The zero-order valence-corrected chi connectivity index (χ0v) is 27.6. The first-order valence-electron chi connectivity index (χ1n) is 13.6. The Hall–Kier alpha value is -3.07. The normalized spacial score (nSPS) is 22.3. The zero-order chi connectivity index (χ0) is 34.0. The minimum Gasteiger partial charge on any atom is -0.463 e. The van der Waals surface area contributed by atoms with E-state index >= 15 is 0 Å². The highest BCUT2D eigenvalue weighted by Gasteiger charge is 2.54. The Labute approximate surface area is 256 Å². The summed E-state index contributed by atoms with van der Waals surface area (Å²) in [6.45, 7) is 11.5. The molecule has 1 rings (SSSR count). The van der Waals surface area contributed by atoms with Crippen molar-refractivity contribution in [3.63, 3.8) is 0 Å². The van der Waals surface area contributed by atoms with Gasteiger partial charge in [-0.25, -0.2) is 0 Å². The highest BCUT2D eigenvalue weighted by atomic mass is 31.2. The van der Waals surface area contributed by atoms with Gasteiger partial charge in [0.05, 0.1) is 17.0 Å². The third-order valence-electron chi connectivity index (χ3n) is 5.59. The third kappa shape index (κ3) is 13.3. The average molecular weight is 655 g/mol. The van der Waals surface area contributed by atoms with Gasteiger partial charge in [0.15, 0.2) is 18.3 Å². The number of rotatable bonds is 13. The molecule has 0 spiro atoms. The van der Waals surface area contributed by atoms with Gasteiger partial charge in [0, 0.05) is 27.7 Å². The van der Waals surface area contributed by atoms with Crippen molar-refractivity contribution in [3.05, 3.63) is 0 Å². The van der Waals surface area contributed by atoms with E-state index in [-0.39, 0.29) is 0 Å². The van der Waals surface area contributed by atoms with E-state index in [1.807, 2.05) is 0 Å². The van der Waals surface area contributed by atoms with E-state index in [9.17, 15) is 33.3 Å². The third-order valence-corrected chi connectivity index (χ3v) is 7.40. The SMILES string of the molecule is CC(=O)OC[C@H]1OC(CP(=O)(OCOC(=O)C(C)(C)C)OCOC(=O)C(C)(C)C)[C@@H](OC(C)=O)[C@@H](OC(C)=O)[C@@H]1OC(C)=O. The van der Waals surface area contributed by atoms with Crippen molar-refractivity contribution in [2.75, 3.05) is 26.4 Å². The van der Waals surface area contributed by atoms with Gasteiger partial charge in [-0.1, -0.05) is 0 Å². The number of esters is 6. The molecular weight excluding hydrogens is 611 g/mol. The lowest BCUT2D eigenvalue weighted by atomic mass is 9.95. The maximum Gasteiger partial charge on any atom is 0.339 e. The Bertz CT molecular complexity index is 1070. The molecule has 1 aliphatic rings. The molecule has 1 fully saturated rings. The highest BCUT2D eigenvalue weighted by Crippen LogP contribution is 2.51. The van der Waals surface area contributed by atoms with E-state index in [0.29, 0.717) is 0 Å². The van der Waals surface area contributed by atoms with Gasteiger partial charge in [-0.15, -0.1) is 0 Å². The molecule has 0 N–H and O–H groups in total. The molecule has 1 aliphatic heterocycles. The van der Waals surface area contributed by atoms with Gasteiger partial charge in [0.1, 0.15) is 18.8 Å². The summed E-state index contributed by atoms with van der Waals surface area (Å²) in [6, 6.07) is 0.